The number of hydrogen-bond acceptors (Lipinski definition) is 6. The van der Waals surface area contributed by atoms with Gasteiger partial charge in [0.05, 0.1) is 50.4 Å². The molecule has 4 heterocycles. The van der Waals surface area contributed by atoms with E-state index < -0.39 is 4.92 Å². The fourth-order valence-electron chi connectivity index (χ4n) is 4.91. The molecule has 5 rings (SSSR count). The maximum Gasteiger partial charge on any atom is 0.280 e. The van der Waals surface area contributed by atoms with Crippen LogP contribution >= 0.6 is 11.3 Å². The van der Waals surface area contributed by atoms with Crippen molar-refractivity contribution in [2.45, 2.75) is 65.1 Å². The Morgan fingerprint density at radius 3 is 2.69 bits per heavy atom. The van der Waals surface area contributed by atoms with Gasteiger partial charge >= 0.3 is 0 Å². The van der Waals surface area contributed by atoms with Crippen LogP contribution in [-0.2, 0) is 13.1 Å². The third-order valence-electron chi connectivity index (χ3n) is 6.67. The van der Waals surface area contributed by atoms with Gasteiger partial charge in [-0.05, 0) is 44.9 Å². The molecule has 4 aromatic rings. The first kappa shape index (κ1) is 24.1. The van der Waals surface area contributed by atoms with Gasteiger partial charge in [0.1, 0.15) is 0 Å². The summed E-state index contributed by atoms with van der Waals surface area (Å²) in [5.74, 6) is -0.152. The number of ketones is 1. The van der Waals surface area contributed by atoms with Crippen LogP contribution in [0.2, 0.25) is 0 Å². The van der Waals surface area contributed by atoms with Crippen LogP contribution in [0.1, 0.15) is 64.9 Å². The molecule has 1 fully saturated rings. The van der Waals surface area contributed by atoms with Gasteiger partial charge < -0.3 is 0 Å². The molecule has 10 heteroatoms. The molecule has 1 aliphatic rings. The van der Waals surface area contributed by atoms with Crippen LogP contribution in [0.15, 0.2) is 48.1 Å². The number of thiophene rings is 1. The Hall–Kier alpha value is -3.66. The lowest BCUT2D eigenvalue weighted by atomic mass is 9.95. The molecule has 9 nitrogen and oxygen atoms in total. The molecule has 1 aliphatic carbocycles. The Morgan fingerprint density at radius 2 is 2.00 bits per heavy atom. The number of nitrogens with zero attached hydrogens (tertiary/aromatic N) is 6. The first-order valence-corrected chi connectivity index (χ1v) is 13.1. The van der Waals surface area contributed by atoms with Crippen molar-refractivity contribution in [1.82, 2.24) is 19.6 Å². The van der Waals surface area contributed by atoms with Gasteiger partial charge in [-0.15, -0.1) is 11.3 Å². The van der Waals surface area contributed by atoms with Crippen LogP contribution in [0.4, 0.5) is 5.69 Å². The zero-order valence-corrected chi connectivity index (χ0v) is 21.3. The summed E-state index contributed by atoms with van der Waals surface area (Å²) in [7, 11) is 0. The van der Waals surface area contributed by atoms with Gasteiger partial charge in [-0.3, -0.25) is 24.3 Å². The lowest BCUT2D eigenvalue weighted by Gasteiger charge is -2.23. The highest BCUT2D eigenvalue weighted by molar-refractivity contribution is 7.12. The third kappa shape index (κ3) is 5.13. The molecule has 36 heavy (non-hydrogen) atoms. The average Bonchev–Trinajstić information content (AvgIpc) is 3.59. The summed E-state index contributed by atoms with van der Waals surface area (Å²) in [6.45, 7) is 4.77. The fourth-order valence-corrected chi connectivity index (χ4v) is 5.70. The number of rotatable bonds is 8. The van der Waals surface area contributed by atoms with E-state index in [4.69, 9.17) is 5.10 Å². The van der Waals surface area contributed by atoms with E-state index in [0.717, 1.165) is 52.5 Å². The van der Waals surface area contributed by atoms with Crippen LogP contribution in [0.5, 0.6) is 0 Å². The van der Waals surface area contributed by atoms with E-state index in [1.54, 1.807) is 0 Å². The molecule has 1 saturated carbocycles. The Bertz CT molecular complexity index is 1410. The largest absolute Gasteiger partial charge is 0.286 e. The molecule has 0 amide bonds. The second kappa shape index (κ2) is 10.1. The van der Waals surface area contributed by atoms with Gasteiger partial charge in [-0.1, -0.05) is 19.3 Å². The highest BCUT2D eigenvalue weighted by atomic mass is 32.1. The first-order chi connectivity index (χ1) is 17.4. The summed E-state index contributed by atoms with van der Waals surface area (Å²) in [4.78, 5) is 23.7. The predicted octanol–water partition coefficient (Wildman–Crippen LogP) is 5.06. The van der Waals surface area contributed by atoms with Crippen LogP contribution in [0, 0.1) is 24.0 Å². The maximum absolute atomic E-state index is 12.8. The molecular weight excluding hydrogens is 476 g/mol. The van der Waals surface area contributed by atoms with Gasteiger partial charge in [0, 0.05) is 17.8 Å². The van der Waals surface area contributed by atoms with Gasteiger partial charge in [0.2, 0.25) is 12.3 Å². The maximum atomic E-state index is 12.8. The average molecular weight is 506 g/mol. The summed E-state index contributed by atoms with van der Waals surface area (Å²) in [5.41, 5.74) is 5.02. The fraction of sp³-hybridized carbons (Fsp3) is 0.385. The monoisotopic (exact) mass is 505 g/mol. The molecule has 0 spiro atoms. The van der Waals surface area contributed by atoms with E-state index in [-0.39, 0.29) is 18.0 Å². The molecule has 0 aromatic carbocycles. The molecule has 0 N–H and O–H groups in total. The van der Waals surface area contributed by atoms with Gasteiger partial charge in [-0.25, -0.2) is 0 Å². The first-order valence-electron chi connectivity index (χ1n) is 12.2. The number of carbonyl (C=O) groups excluding carboxylic acids is 1. The highest BCUT2D eigenvalue weighted by Crippen LogP contribution is 2.32. The Kier molecular flexibility index (Phi) is 6.77. The zero-order chi connectivity index (χ0) is 25.2. The van der Waals surface area contributed by atoms with Gasteiger partial charge in [0.25, 0.3) is 5.69 Å². The Balaban J connectivity index is 1.44. The van der Waals surface area contributed by atoms with Crippen molar-refractivity contribution in [2.75, 3.05) is 0 Å². The second-order valence-corrected chi connectivity index (χ2v) is 10.4. The van der Waals surface area contributed by atoms with Crippen LogP contribution < -0.4 is 4.57 Å². The Morgan fingerprint density at radius 1 is 1.19 bits per heavy atom. The van der Waals surface area contributed by atoms with E-state index in [9.17, 15) is 14.9 Å². The molecule has 0 atom stereocenters. The number of Topliss-reactive ketones (excluding diaryl/α,β-unsaturated/α-hetero) is 1. The Labute approximate surface area is 213 Å². The number of nitro groups is 1. The van der Waals surface area contributed by atoms with Crippen molar-refractivity contribution in [3.63, 3.8) is 0 Å². The van der Waals surface area contributed by atoms with Crippen LogP contribution in [0.25, 0.3) is 11.3 Å². The summed E-state index contributed by atoms with van der Waals surface area (Å²) >= 11 is 1.11. The van der Waals surface area contributed by atoms with Crippen molar-refractivity contribution in [3.8, 4) is 11.3 Å². The minimum atomic E-state index is -0.475. The van der Waals surface area contributed by atoms with Crippen molar-refractivity contribution in [2.24, 2.45) is 0 Å². The number of pyridine rings is 1. The summed E-state index contributed by atoms with van der Waals surface area (Å²) < 4.78 is 5.99. The van der Waals surface area contributed by atoms with Crippen molar-refractivity contribution >= 4 is 22.8 Å². The van der Waals surface area contributed by atoms with Crippen molar-refractivity contribution in [3.05, 3.63) is 80.2 Å². The lowest BCUT2D eigenvalue weighted by molar-refractivity contribution is -0.682. The molecule has 186 valence electrons. The molecule has 4 aromatic heterocycles. The molecule has 0 aliphatic heterocycles. The summed E-state index contributed by atoms with van der Waals surface area (Å²) in [6, 6.07) is 9.87. The number of carbonyl (C=O) groups is 1. The number of aryl methyl sites for hydroxylation is 2. The van der Waals surface area contributed by atoms with Crippen molar-refractivity contribution < 1.29 is 14.3 Å². The second-order valence-electron chi connectivity index (χ2n) is 9.46. The van der Waals surface area contributed by atoms with Crippen LogP contribution in [0.3, 0.4) is 0 Å². The summed E-state index contributed by atoms with van der Waals surface area (Å²) in [6.07, 6.45) is 9.69. The smallest absolute Gasteiger partial charge is 0.280 e. The molecule has 0 unspecified atom stereocenters. The lowest BCUT2D eigenvalue weighted by Crippen LogP contribution is -2.37. The quantitative estimate of drug-likeness (QED) is 0.144. The minimum Gasteiger partial charge on any atom is -0.286 e. The molecule has 0 saturated heterocycles. The third-order valence-corrected chi connectivity index (χ3v) is 7.63. The zero-order valence-electron chi connectivity index (χ0n) is 20.5. The van der Waals surface area contributed by atoms with Gasteiger partial charge in [0.15, 0.2) is 12.4 Å². The van der Waals surface area contributed by atoms with E-state index in [2.05, 4.69) is 28.8 Å². The van der Waals surface area contributed by atoms with E-state index in [1.165, 1.54) is 30.7 Å². The minimum absolute atomic E-state index is 0.0476. The van der Waals surface area contributed by atoms with E-state index in [1.807, 2.05) is 40.7 Å². The highest BCUT2D eigenvalue weighted by Gasteiger charge is 2.23. The number of aromatic nitrogens is 5. The van der Waals surface area contributed by atoms with Crippen LogP contribution in [-0.4, -0.2) is 30.3 Å². The van der Waals surface area contributed by atoms with Gasteiger partial charge in [-0.2, -0.15) is 14.8 Å². The molecule has 0 radical (unpaired) electrons. The normalized spacial score (nSPS) is 14.3. The topological polar surface area (TPSA) is 99.7 Å². The standard InChI is InChI=1S/C26H29N6O3S/c1-18-11-19(2)30(27-18)15-21-12-24(31(28-21)22-8-4-3-5-9-22)20-7-6-10-29(14-20)16-25(33)26-13-23(17-36-26)32(34)35/h6-7,10-14,17,22H,3-5,8-9,15-16H2,1-2H3/q+1. The SMILES string of the molecule is Cc1cc(C)n(Cc2cc(-c3ccc[n+](CC(=O)c4cc([N+](=O)[O-])cs4)c3)n(C3CCCCC3)n2)n1. The summed E-state index contributed by atoms with van der Waals surface area (Å²) in [5, 5.41) is 22.0. The van der Waals surface area contributed by atoms with Crippen molar-refractivity contribution in [1.29, 1.82) is 0 Å². The van der Waals surface area contributed by atoms with E-state index in [0.29, 0.717) is 17.5 Å². The van der Waals surface area contributed by atoms with E-state index >= 15 is 0 Å². The number of hydrogen-bond donors (Lipinski definition) is 0. The predicted molar refractivity (Wildman–Crippen MR) is 136 cm³/mol. The molecule has 0 bridgehead atoms. The molecular formula is C26H29N6O3S+.